The molecule has 4 saturated carbocycles. The second-order valence-corrected chi connectivity index (χ2v) is 12.2. The fraction of sp³-hybridized carbons (Fsp3) is 0.963. The van der Waals surface area contributed by atoms with Crippen molar-refractivity contribution in [3.05, 3.63) is 0 Å². The van der Waals surface area contributed by atoms with Crippen LogP contribution in [0.25, 0.3) is 0 Å². The van der Waals surface area contributed by atoms with Crippen LogP contribution in [0.4, 0.5) is 0 Å². The summed E-state index contributed by atoms with van der Waals surface area (Å²) in [6, 6.07) is 0. The number of aliphatic hydroxyl groups excluding tert-OH is 2. The van der Waals surface area contributed by atoms with Gasteiger partial charge in [-0.25, -0.2) is 0 Å². The standard InChI is InChI=1S/C27H46O4/c1-6-18-22-15-17(28)11-13-27(22,4)21-12-14-26(3)19(16(2)7-10-23(29)31-5)8-9-20(26)24(21)25(18)30/h16-22,24-25,28,30H,6-15H2,1-5H3/t16-,17-,18?,19?,20?,21?,22?,24?,25-,26-,27-/m1/s1. The number of hydrogen-bond acceptors (Lipinski definition) is 4. The van der Waals surface area contributed by atoms with Gasteiger partial charge in [-0.1, -0.05) is 34.1 Å². The van der Waals surface area contributed by atoms with E-state index >= 15 is 0 Å². The molecule has 0 spiro atoms. The molecule has 178 valence electrons. The Morgan fingerprint density at radius 1 is 1.03 bits per heavy atom. The van der Waals surface area contributed by atoms with Crippen molar-refractivity contribution in [2.24, 2.45) is 52.3 Å². The third-order valence-electron chi connectivity index (χ3n) is 11.2. The Hall–Kier alpha value is -0.610. The van der Waals surface area contributed by atoms with Crippen LogP contribution in [-0.2, 0) is 9.53 Å². The van der Waals surface area contributed by atoms with Gasteiger partial charge in [0.2, 0.25) is 0 Å². The van der Waals surface area contributed by atoms with Crippen LogP contribution < -0.4 is 0 Å². The molecular weight excluding hydrogens is 388 g/mol. The highest BCUT2D eigenvalue weighted by molar-refractivity contribution is 5.69. The molecule has 2 N–H and O–H groups in total. The Labute approximate surface area is 189 Å². The van der Waals surface area contributed by atoms with E-state index in [-0.39, 0.29) is 29.0 Å². The first-order valence-electron chi connectivity index (χ1n) is 13.1. The Balaban J connectivity index is 1.58. The summed E-state index contributed by atoms with van der Waals surface area (Å²) in [5.41, 5.74) is 0.535. The molecule has 4 nitrogen and oxygen atoms in total. The van der Waals surface area contributed by atoms with Gasteiger partial charge >= 0.3 is 5.97 Å². The monoisotopic (exact) mass is 434 g/mol. The van der Waals surface area contributed by atoms with Gasteiger partial charge in [-0.3, -0.25) is 4.79 Å². The van der Waals surface area contributed by atoms with Gasteiger partial charge in [-0.05, 0) is 104 Å². The van der Waals surface area contributed by atoms with E-state index in [1.54, 1.807) is 0 Å². The van der Waals surface area contributed by atoms with Crippen molar-refractivity contribution >= 4 is 5.97 Å². The van der Waals surface area contributed by atoms with E-state index in [1.807, 2.05) is 0 Å². The van der Waals surface area contributed by atoms with Gasteiger partial charge in [0.15, 0.2) is 0 Å². The highest BCUT2D eigenvalue weighted by atomic mass is 16.5. The summed E-state index contributed by atoms with van der Waals surface area (Å²) in [4.78, 5) is 11.7. The van der Waals surface area contributed by atoms with Gasteiger partial charge in [0, 0.05) is 6.42 Å². The summed E-state index contributed by atoms with van der Waals surface area (Å²) in [6.45, 7) is 9.58. The lowest BCUT2D eigenvalue weighted by atomic mass is 9.41. The summed E-state index contributed by atoms with van der Waals surface area (Å²) < 4.78 is 4.88. The summed E-state index contributed by atoms with van der Waals surface area (Å²) in [6.07, 6.45) is 9.87. The molecule has 11 atom stereocenters. The van der Waals surface area contributed by atoms with Crippen molar-refractivity contribution in [3.63, 3.8) is 0 Å². The van der Waals surface area contributed by atoms with E-state index in [4.69, 9.17) is 4.74 Å². The van der Waals surface area contributed by atoms with Crippen LogP contribution in [0.1, 0.15) is 91.9 Å². The van der Waals surface area contributed by atoms with Gasteiger partial charge in [-0.2, -0.15) is 0 Å². The molecule has 6 unspecified atom stereocenters. The molecular formula is C27H46O4. The zero-order valence-electron chi connectivity index (χ0n) is 20.5. The zero-order valence-corrected chi connectivity index (χ0v) is 20.5. The number of hydrogen-bond donors (Lipinski definition) is 2. The number of carbonyl (C=O) groups is 1. The van der Waals surface area contributed by atoms with Gasteiger partial charge in [0.25, 0.3) is 0 Å². The van der Waals surface area contributed by atoms with E-state index in [2.05, 4.69) is 27.7 Å². The van der Waals surface area contributed by atoms with Crippen LogP contribution in [-0.4, -0.2) is 35.5 Å². The van der Waals surface area contributed by atoms with Crippen molar-refractivity contribution in [2.45, 2.75) is 104 Å². The summed E-state index contributed by atoms with van der Waals surface area (Å²) in [5.74, 6) is 3.41. The quantitative estimate of drug-likeness (QED) is 0.584. The molecule has 4 aliphatic rings. The van der Waals surface area contributed by atoms with Gasteiger partial charge < -0.3 is 14.9 Å². The van der Waals surface area contributed by atoms with Crippen LogP contribution in [0.3, 0.4) is 0 Å². The molecule has 4 heteroatoms. The molecule has 0 aromatic carbocycles. The molecule has 0 aromatic heterocycles. The van der Waals surface area contributed by atoms with Crippen LogP contribution in [0.2, 0.25) is 0 Å². The number of rotatable bonds is 5. The van der Waals surface area contributed by atoms with Crippen LogP contribution in [0.15, 0.2) is 0 Å². The second kappa shape index (κ2) is 8.63. The van der Waals surface area contributed by atoms with Crippen molar-refractivity contribution < 1.29 is 19.7 Å². The van der Waals surface area contributed by atoms with Crippen LogP contribution in [0, 0.1) is 52.3 Å². The number of methoxy groups -OCH3 is 1. The van der Waals surface area contributed by atoms with Crippen molar-refractivity contribution in [1.82, 2.24) is 0 Å². The predicted molar refractivity (Wildman–Crippen MR) is 122 cm³/mol. The number of ether oxygens (including phenoxy) is 1. The highest BCUT2D eigenvalue weighted by Crippen LogP contribution is 2.69. The minimum Gasteiger partial charge on any atom is -0.469 e. The van der Waals surface area contributed by atoms with Gasteiger partial charge in [0.05, 0.1) is 19.3 Å². The molecule has 0 bridgehead atoms. The maximum absolute atomic E-state index is 11.8. The Morgan fingerprint density at radius 2 is 1.71 bits per heavy atom. The van der Waals surface area contributed by atoms with Crippen molar-refractivity contribution in [2.75, 3.05) is 7.11 Å². The molecule has 0 radical (unpaired) electrons. The number of esters is 1. The van der Waals surface area contributed by atoms with Crippen molar-refractivity contribution in [3.8, 4) is 0 Å². The minimum atomic E-state index is -0.230. The largest absolute Gasteiger partial charge is 0.469 e. The minimum absolute atomic E-state index is 0.0952. The average Bonchev–Trinajstić information content (AvgIpc) is 3.10. The van der Waals surface area contributed by atoms with Crippen molar-refractivity contribution in [1.29, 1.82) is 0 Å². The molecule has 0 aromatic rings. The zero-order chi connectivity index (χ0) is 22.6. The van der Waals surface area contributed by atoms with E-state index in [0.29, 0.717) is 47.8 Å². The van der Waals surface area contributed by atoms with E-state index in [9.17, 15) is 15.0 Å². The van der Waals surface area contributed by atoms with Crippen LogP contribution in [0.5, 0.6) is 0 Å². The fourth-order valence-corrected chi connectivity index (χ4v) is 9.58. The first-order valence-corrected chi connectivity index (χ1v) is 13.1. The summed E-state index contributed by atoms with van der Waals surface area (Å²) in [7, 11) is 1.48. The molecule has 0 heterocycles. The van der Waals surface area contributed by atoms with Crippen LogP contribution >= 0.6 is 0 Å². The lowest BCUT2D eigenvalue weighted by Gasteiger charge is -2.64. The van der Waals surface area contributed by atoms with E-state index < -0.39 is 0 Å². The van der Waals surface area contributed by atoms with E-state index in [1.165, 1.54) is 32.8 Å². The topological polar surface area (TPSA) is 66.8 Å². The normalized spacial score (nSPS) is 50.2. The first-order chi connectivity index (χ1) is 14.7. The van der Waals surface area contributed by atoms with Gasteiger partial charge in [-0.15, -0.1) is 0 Å². The smallest absolute Gasteiger partial charge is 0.305 e. The Kier molecular flexibility index (Phi) is 6.55. The predicted octanol–water partition coefficient (Wildman–Crippen LogP) is 5.20. The lowest BCUT2D eigenvalue weighted by Crippen LogP contribution is -2.62. The van der Waals surface area contributed by atoms with Gasteiger partial charge in [0.1, 0.15) is 0 Å². The first kappa shape index (κ1) is 23.5. The highest BCUT2D eigenvalue weighted by Gasteiger charge is 2.64. The maximum atomic E-state index is 11.8. The molecule has 4 aliphatic carbocycles. The molecule has 4 rings (SSSR count). The molecule has 0 amide bonds. The number of carbonyl (C=O) groups excluding carboxylic acids is 1. The SMILES string of the molecule is CCC1C2C[C@H](O)CC[C@]2(C)C2CC[C@@]3(C)C(CCC3[C@H](C)CCC(=O)OC)C2[C@@H]1O. The third-order valence-corrected chi connectivity index (χ3v) is 11.2. The molecule has 4 fully saturated rings. The number of aliphatic hydroxyl groups is 2. The lowest BCUT2D eigenvalue weighted by molar-refractivity contribution is -0.203. The molecule has 0 saturated heterocycles. The summed E-state index contributed by atoms with van der Waals surface area (Å²) >= 11 is 0. The number of fused-ring (bicyclic) bond motifs is 5. The molecule has 31 heavy (non-hydrogen) atoms. The Morgan fingerprint density at radius 3 is 2.39 bits per heavy atom. The maximum Gasteiger partial charge on any atom is 0.305 e. The second-order valence-electron chi connectivity index (χ2n) is 12.2. The average molecular weight is 435 g/mol. The fourth-order valence-electron chi connectivity index (χ4n) is 9.58. The molecule has 0 aliphatic heterocycles. The third kappa shape index (κ3) is 3.68. The van der Waals surface area contributed by atoms with E-state index in [0.717, 1.165) is 32.1 Å². The summed E-state index contributed by atoms with van der Waals surface area (Å²) in [5, 5.41) is 22.2. The Bertz CT molecular complexity index is 664.